The van der Waals surface area contributed by atoms with E-state index < -0.39 is 10.0 Å². The topological polar surface area (TPSA) is 58.2 Å². The molecule has 20 heavy (non-hydrogen) atoms. The molecule has 112 valence electrons. The second kappa shape index (κ2) is 6.70. The Morgan fingerprint density at radius 1 is 1.30 bits per heavy atom. The summed E-state index contributed by atoms with van der Waals surface area (Å²) in [5.41, 5.74) is 1.04. The van der Waals surface area contributed by atoms with Crippen molar-refractivity contribution in [2.75, 3.05) is 6.54 Å². The summed E-state index contributed by atoms with van der Waals surface area (Å²) in [5.74, 6) is 0. The molecule has 1 aromatic carbocycles. The Bertz CT molecular complexity index is 539. The zero-order valence-electron chi connectivity index (χ0n) is 12.2. The molecule has 1 aliphatic carbocycles. The first-order valence-electron chi connectivity index (χ1n) is 7.42. The minimum atomic E-state index is -3.36. The van der Waals surface area contributed by atoms with Crippen molar-refractivity contribution in [3.63, 3.8) is 0 Å². The molecule has 0 saturated heterocycles. The third-order valence-electron chi connectivity index (χ3n) is 3.52. The van der Waals surface area contributed by atoms with Gasteiger partial charge in [0, 0.05) is 12.1 Å². The second-order valence-electron chi connectivity index (χ2n) is 5.38. The van der Waals surface area contributed by atoms with E-state index in [1.165, 1.54) is 0 Å². The van der Waals surface area contributed by atoms with Gasteiger partial charge in [-0.05, 0) is 49.9 Å². The highest BCUT2D eigenvalue weighted by atomic mass is 32.2. The molecule has 1 saturated carbocycles. The maximum Gasteiger partial charge on any atom is 0.240 e. The van der Waals surface area contributed by atoms with Crippen molar-refractivity contribution in [3.8, 4) is 0 Å². The fourth-order valence-electron chi connectivity index (χ4n) is 2.20. The lowest BCUT2D eigenvalue weighted by atomic mass is 10.0. The van der Waals surface area contributed by atoms with Crippen molar-refractivity contribution in [1.82, 2.24) is 10.0 Å². The van der Waals surface area contributed by atoms with E-state index in [1.54, 1.807) is 12.1 Å². The van der Waals surface area contributed by atoms with Crippen LogP contribution in [0.3, 0.4) is 0 Å². The van der Waals surface area contributed by atoms with E-state index in [9.17, 15) is 8.42 Å². The Morgan fingerprint density at radius 3 is 2.65 bits per heavy atom. The summed E-state index contributed by atoms with van der Waals surface area (Å²) in [7, 11) is -3.36. The molecule has 1 unspecified atom stereocenters. The zero-order chi connectivity index (χ0) is 14.6. The largest absolute Gasteiger partial charge is 0.310 e. The molecular formula is C15H24N2O2S. The molecular weight excluding hydrogens is 272 g/mol. The Kier molecular flexibility index (Phi) is 5.18. The zero-order valence-corrected chi connectivity index (χ0v) is 13.0. The van der Waals surface area contributed by atoms with Crippen LogP contribution in [0.1, 0.15) is 51.1 Å². The quantitative estimate of drug-likeness (QED) is 0.775. The van der Waals surface area contributed by atoms with Crippen LogP contribution in [0.4, 0.5) is 0 Å². The van der Waals surface area contributed by atoms with Crippen molar-refractivity contribution < 1.29 is 8.42 Å². The van der Waals surface area contributed by atoms with Gasteiger partial charge in [-0.25, -0.2) is 13.1 Å². The summed E-state index contributed by atoms with van der Waals surface area (Å²) >= 11 is 0. The number of nitrogens with one attached hydrogen (secondary N) is 2. The molecule has 0 amide bonds. The van der Waals surface area contributed by atoms with Gasteiger partial charge in [0.1, 0.15) is 0 Å². The van der Waals surface area contributed by atoms with Gasteiger partial charge in [0.15, 0.2) is 0 Å². The molecule has 1 aliphatic rings. The predicted molar refractivity (Wildman–Crippen MR) is 81.1 cm³/mol. The van der Waals surface area contributed by atoms with Gasteiger partial charge in [0.25, 0.3) is 0 Å². The normalized spacial score (nSPS) is 17.1. The average Bonchev–Trinajstić information content (AvgIpc) is 3.23. The van der Waals surface area contributed by atoms with Crippen molar-refractivity contribution in [2.45, 2.75) is 56.5 Å². The minimum Gasteiger partial charge on any atom is -0.310 e. The molecule has 0 aromatic heterocycles. The first-order chi connectivity index (χ1) is 9.56. The number of benzene rings is 1. The lowest BCUT2D eigenvalue weighted by Crippen LogP contribution is -2.26. The molecule has 1 atom stereocenters. The minimum absolute atomic E-state index is 0.142. The van der Waals surface area contributed by atoms with Crippen molar-refractivity contribution in [2.24, 2.45) is 0 Å². The smallest absolute Gasteiger partial charge is 0.240 e. The van der Waals surface area contributed by atoms with Crippen molar-refractivity contribution in [3.05, 3.63) is 29.8 Å². The van der Waals surface area contributed by atoms with Crippen LogP contribution in [0.15, 0.2) is 29.2 Å². The summed E-state index contributed by atoms with van der Waals surface area (Å²) in [6.07, 6.45) is 3.92. The van der Waals surface area contributed by atoms with Crippen LogP contribution in [0.5, 0.6) is 0 Å². The van der Waals surface area contributed by atoms with Gasteiger partial charge in [0.05, 0.1) is 4.90 Å². The Morgan fingerprint density at radius 2 is 2.05 bits per heavy atom. The van der Waals surface area contributed by atoms with E-state index in [0.717, 1.165) is 37.8 Å². The highest BCUT2D eigenvalue weighted by Crippen LogP contribution is 2.24. The number of hydrogen-bond acceptors (Lipinski definition) is 3. The lowest BCUT2D eigenvalue weighted by molar-refractivity contribution is 0.517. The van der Waals surface area contributed by atoms with Gasteiger partial charge in [-0.15, -0.1) is 0 Å². The molecule has 0 aliphatic heterocycles. The van der Waals surface area contributed by atoms with E-state index >= 15 is 0 Å². The van der Waals surface area contributed by atoms with Crippen LogP contribution >= 0.6 is 0 Å². The van der Waals surface area contributed by atoms with Crippen LogP contribution < -0.4 is 10.0 Å². The summed E-state index contributed by atoms with van der Waals surface area (Å²) in [6, 6.07) is 7.64. The fourth-order valence-corrected chi connectivity index (χ4v) is 3.56. The summed E-state index contributed by atoms with van der Waals surface area (Å²) in [5, 5.41) is 3.45. The molecule has 0 heterocycles. The number of hydrogen-bond donors (Lipinski definition) is 2. The molecule has 2 rings (SSSR count). The van der Waals surface area contributed by atoms with E-state index in [2.05, 4.69) is 23.9 Å². The Balaban J connectivity index is 2.17. The van der Waals surface area contributed by atoms with E-state index in [1.807, 2.05) is 12.1 Å². The van der Waals surface area contributed by atoms with E-state index in [4.69, 9.17) is 0 Å². The van der Waals surface area contributed by atoms with Crippen LogP contribution in [-0.4, -0.2) is 21.0 Å². The molecule has 0 bridgehead atoms. The van der Waals surface area contributed by atoms with Gasteiger partial charge >= 0.3 is 0 Å². The van der Waals surface area contributed by atoms with Crippen LogP contribution in [0.2, 0.25) is 0 Å². The van der Waals surface area contributed by atoms with Crippen molar-refractivity contribution >= 4 is 10.0 Å². The average molecular weight is 296 g/mol. The van der Waals surface area contributed by atoms with Crippen LogP contribution in [-0.2, 0) is 10.0 Å². The Hall–Kier alpha value is -0.910. The molecule has 5 heteroatoms. The van der Waals surface area contributed by atoms with Crippen LogP contribution in [0, 0.1) is 0 Å². The third kappa shape index (κ3) is 4.04. The molecule has 0 radical (unpaired) electrons. The van der Waals surface area contributed by atoms with Gasteiger partial charge in [-0.2, -0.15) is 0 Å². The van der Waals surface area contributed by atoms with Crippen LogP contribution in [0.25, 0.3) is 0 Å². The first kappa shape index (κ1) is 15.5. The standard InChI is InChI=1S/C15H24N2O2S/c1-3-10-16-15(4-2)12-6-5-7-14(11-12)20(18,19)17-13-8-9-13/h5-7,11,13,15-17H,3-4,8-10H2,1-2H3. The monoisotopic (exact) mass is 296 g/mol. The second-order valence-corrected chi connectivity index (χ2v) is 7.10. The molecule has 0 spiro atoms. The third-order valence-corrected chi connectivity index (χ3v) is 5.04. The van der Waals surface area contributed by atoms with Crippen molar-refractivity contribution in [1.29, 1.82) is 0 Å². The van der Waals surface area contributed by atoms with Gasteiger partial charge in [0.2, 0.25) is 10.0 Å². The highest BCUT2D eigenvalue weighted by molar-refractivity contribution is 7.89. The number of rotatable bonds is 8. The predicted octanol–water partition coefficient (Wildman–Crippen LogP) is 2.58. The fraction of sp³-hybridized carbons (Fsp3) is 0.600. The molecule has 2 N–H and O–H groups in total. The SMILES string of the molecule is CCCNC(CC)c1cccc(S(=O)(=O)NC2CC2)c1. The molecule has 1 fully saturated rings. The number of sulfonamides is 1. The summed E-state index contributed by atoms with van der Waals surface area (Å²) in [6.45, 7) is 5.17. The van der Waals surface area contributed by atoms with Gasteiger partial charge < -0.3 is 5.32 Å². The maximum atomic E-state index is 12.2. The summed E-state index contributed by atoms with van der Waals surface area (Å²) in [4.78, 5) is 0.374. The van der Waals surface area contributed by atoms with E-state index in [-0.39, 0.29) is 12.1 Å². The Labute approximate surface area is 122 Å². The first-order valence-corrected chi connectivity index (χ1v) is 8.90. The lowest BCUT2D eigenvalue weighted by Gasteiger charge is -2.18. The molecule has 1 aromatic rings. The maximum absolute atomic E-state index is 12.2. The molecule has 4 nitrogen and oxygen atoms in total. The van der Waals surface area contributed by atoms with E-state index in [0.29, 0.717) is 4.90 Å². The highest BCUT2D eigenvalue weighted by Gasteiger charge is 2.28. The van der Waals surface area contributed by atoms with Gasteiger partial charge in [-0.3, -0.25) is 0 Å². The summed E-state index contributed by atoms with van der Waals surface area (Å²) < 4.78 is 27.2. The van der Waals surface area contributed by atoms with Gasteiger partial charge in [-0.1, -0.05) is 26.0 Å².